The van der Waals surface area contributed by atoms with Crippen molar-refractivity contribution in [1.82, 2.24) is 15.4 Å². The Morgan fingerprint density at radius 1 is 1.32 bits per heavy atom. The number of hydrogen-bond acceptors (Lipinski definition) is 6. The number of amides is 1. The van der Waals surface area contributed by atoms with E-state index in [9.17, 15) is 4.79 Å². The highest BCUT2D eigenvalue weighted by molar-refractivity contribution is 6.30. The second-order valence-corrected chi connectivity index (χ2v) is 4.94. The summed E-state index contributed by atoms with van der Waals surface area (Å²) in [5.41, 5.74) is 11.9. The van der Waals surface area contributed by atoms with Gasteiger partial charge in [-0.2, -0.15) is 0 Å². The molecule has 2 rings (SSSR count). The lowest BCUT2D eigenvalue weighted by Gasteiger charge is -2.12. The van der Waals surface area contributed by atoms with Crippen molar-refractivity contribution >= 4 is 34.8 Å². The highest BCUT2D eigenvalue weighted by Crippen LogP contribution is 2.21. The van der Waals surface area contributed by atoms with Gasteiger partial charge >= 0.3 is 0 Å². The number of benzene rings is 1. The van der Waals surface area contributed by atoms with Crippen molar-refractivity contribution in [1.29, 1.82) is 0 Å². The van der Waals surface area contributed by atoms with E-state index in [1.165, 1.54) is 6.33 Å². The molecule has 0 radical (unpaired) electrons. The lowest BCUT2D eigenvalue weighted by molar-refractivity contribution is 0.0962. The molecule has 0 saturated heterocycles. The molecule has 0 atom stereocenters. The summed E-state index contributed by atoms with van der Waals surface area (Å²) < 4.78 is 0. The van der Waals surface area contributed by atoms with Crippen LogP contribution in [-0.4, -0.2) is 22.4 Å². The first-order chi connectivity index (χ1) is 10.6. The predicted molar refractivity (Wildman–Crippen MR) is 87.8 cm³/mol. The molecular formula is C14H17ClN6O. The van der Waals surface area contributed by atoms with E-state index < -0.39 is 0 Å². The molecule has 8 heteroatoms. The Bertz CT molecular complexity index is 664. The van der Waals surface area contributed by atoms with Crippen LogP contribution in [0.1, 0.15) is 23.7 Å². The third kappa shape index (κ3) is 3.98. The number of anilines is 3. The van der Waals surface area contributed by atoms with E-state index >= 15 is 0 Å². The fourth-order valence-corrected chi connectivity index (χ4v) is 1.89. The van der Waals surface area contributed by atoms with Crippen molar-refractivity contribution in [2.24, 2.45) is 0 Å². The molecule has 0 bridgehead atoms. The summed E-state index contributed by atoms with van der Waals surface area (Å²) in [5, 5.41) is 3.57. The molecule has 1 amide bonds. The average Bonchev–Trinajstić information content (AvgIpc) is 2.52. The quantitative estimate of drug-likeness (QED) is 0.609. The zero-order valence-corrected chi connectivity index (χ0v) is 12.8. The van der Waals surface area contributed by atoms with Crippen molar-refractivity contribution in [2.75, 3.05) is 23.0 Å². The Labute approximate surface area is 133 Å². The molecule has 0 spiro atoms. The van der Waals surface area contributed by atoms with E-state index in [2.05, 4.69) is 26.1 Å². The van der Waals surface area contributed by atoms with Gasteiger partial charge in [0.15, 0.2) is 11.6 Å². The molecule has 1 heterocycles. The first-order valence-corrected chi connectivity index (χ1v) is 7.16. The number of rotatable bonds is 6. The van der Waals surface area contributed by atoms with Crippen LogP contribution in [-0.2, 0) is 0 Å². The summed E-state index contributed by atoms with van der Waals surface area (Å²) >= 11 is 5.85. The minimum absolute atomic E-state index is 0.323. The van der Waals surface area contributed by atoms with Gasteiger partial charge < -0.3 is 11.1 Å². The third-order valence-corrected chi connectivity index (χ3v) is 3.04. The number of carbonyl (C=O) groups is 1. The maximum atomic E-state index is 12.0. The Morgan fingerprint density at radius 3 is 2.82 bits per heavy atom. The monoisotopic (exact) mass is 320 g/mol. The van der Waals surface area contributed by atoms with E-state index in [0.717, 1.165) is 13.0 Å². The summed E-state index contributed by atoms with van der Waals surface area (Å²) in [7, 11) is 0. The van der Waals surface area contributed by atoms with E-state index in [1.807, 2.05) is 6.92 Å². The SMILES string of the molecule is CCCNc1ncnc(NNC(=O)c2cccc(Cl)c2)c1N. The molecule has 22 heavy (non-hydrogen) atoms. The summed E-state index contributed by atoms with van der Waals surface area (Å²) in [6.45, 7) is 2.78. The number of nitrogens with zero attached hydrogens (tertiary/aromatic N) is 2. The van der Waals surface area contributed by atoms with Gasteiger partial charge in [0.1, 0.15) is 12.0 Å². The molecule has 1 aromatic carbocycles. The van der Waals surface area contributed by atoms with Gasteiger partial charge in [0, 0.05) is 17.1 Å². The van der Waals surface area contributed by atoms with Gasteiger partial charge in [-0.05, 0) is 24.6 Å². The Kier molecular flexibility index (Phi) is 5.37. The van der Waals surface area contributed by atoms with Crippen LogP contribution in [0.4, 0.5) is 17.3 Å². The standard InChI is InChI=1S/C14H17ClN6O/c1-2-6-17-12-11(16)13(19-8-18-12)20-21-14(22)9-4-3-5-10(15)7-9/h3-5,7-8H,2,6,16H2,1H3,(H,21,22)(H2,17,18,19,20). The van der Waals surface area contributed by atoms with Crippen LogP contribution in [0.5, 0.6) is 0 Å². The highest BCUT2D eigenvalue weighted by Gasteiger charge is 2.10. The molecule has 0 aliphatic heterocycles. The van der Waals surface area contributed by atoms with Gasteiger partial charge in [-0.25, -0.2) is 9.97 Å². The van der Waals surface area contributed by atoms with Crippen molar-refractivity contribution < 1.29 is 4.79 Å². The smallest absolute Gasteiger partial charge is 0.269 e. The average molecular weight is 321 g/mol. The Balaban J connectivity index is 2.03. The van der Waals surface area contributed by atoms with Gasteiger partial charge in [-0.15, -0.1) is 0 Å². The number of nitrogen functional groups attached to an aromatic ring is 1. The third-order valence-electron chi connectivity index (χ3n) is 2.81. The Morgan fingerprint density at radius 2 is 2.09 bits per heavy atom. The molecule has 5 N–H and O–H groups in total. The lowest BCUT2D eigenvalue weighted by Crippen LogP contribution is -2.30. The first-order valence-electron chi connectivity index (χ1n) is 6.78. The molecule has 116 valence electrons. The second kappa shape index (κ2) is 7.46. The fourth-order valence-electron chi connectivity index (χ4n) is 1.70. The zero-order valence-electron chi connectivity index (χ0n) is 12.1. The normalized spacial score (nSPS) is 10.1. The number of carbonyl (C=O) groups excluding carboxylic acids is 1. The number of nitrogens with one attached hydrogen (secondary N) is 3. The molecule has 1 aromatic heterocycles. The maximum Gasteiger partial charge on any atom is 0.269 e. The molecule has 0 saturated carbocycles. The number of halogens is 1. The fraction of sp³-hybridized carbons (Fsp3) is 0.214. The zero-order chi connectivity index (χ0) is 15.9. The van der Waals surface area contributed by atoms with Gasteiger partial charge in [0.25, 0.3) is 5.91 Å². The summed E-state index contributed by atoms with van der Waals surface area (Å²) in [4.78, 5) is 20.1. The molecule has 0 fully saturated rings. The van der Waals surface area contributed by atoms with Crippen LogP contribution >= 0.6 is 11.6 Å². The molecule has 7 nitrogen and oxygen atoms in total. The second-order valence-electron chi connectivity index (χ2n) is 4.50. The van der Waals surface area contributed by atoms with Crippen molar-refractivity contribution in [3.05, 3.63) is 41.2 Å². The largest absolute Gasteiger partial charge is 0.393 e. The van der Waals surface area contributed by atoms with Crippen LogP contribution in [0.2, 0.25) is 5.02 Å². The highest BCUT2D eigenvalue weighted by atomic mass is 35.5. The molecule has 0 aliphatic carbocycles. The van der Waals surface area contributed by atoms with Crippen LogP contribution in [0.15, 0.2) is 30.6 Å². The molecule has 2 aromatic rings. The predicted octanol–water partition coefficient (Wildman–Crippen LogP) is 2.29. The minimum atomic E-state index is -0.344. The van der Waals surface area contributed by atoms with Crippen molar-refractivity contribution in [3.63, 3.8) is 0 Å². The number of hydrazine groups is 1. The van der Waals surface area contributed by atoms with Crippen molar-refractivity contribution in [3.8, 4) is 0 Å². The van der Waals surface area contributed by atoms with Gasteiger partial charge in [0.2, 0.25) is 0 Å². The van der Waals surface area contributed by atoms with E-state index in [4.69, 9.17) is 17.3 Å². The van der Waals surface area contributed by atoms with Crippen molar-refractivity contribution in [2.45, 2.75) is 13.3 Å². The number of hydrogen-bond donors (Lipinski definition) is 4. The Hall–Kier alpha value is -2.54. The summed E-state index contributed by atoms with van der Waals surface area (Å²) in [6.07, 6.45) is 2.31. The van der Waals surface area contributed by atoms with E-state index in [0.29, 0.717) is 27.9 Å². The molecule has 0 unspecified atom stereocenters. The van der Waals surface area contributed by atoms with Crippen LogP contribution < -0.4 is 21.9 Å². The summed E-state index contributed by atoms with van der Waals surface area (Å²) in [5.74, 6) is 0.504. The van der Waals surface area contributed by atoms with E-state index in [-0.39, 0.29) is 5.91 Å². The molecule has 0 aliphatic rings. The topological polar surface area (TPSA) is 105 Å². The van der Waals surface area contributed by atoms with E-state index in [1.54, 1.807) is 24.3 Å². The van der Waals surface area contributed by atoms with Gasteiger partial charge in [0.05, 0.1) is 0 Å². The van der Waals surface area contributed by atoms with Crippen LogP contribution in [0, 0.1) is 0 Å². The van der Waals surface area contributed by atoms with Crippen LogP contribution in [0.25, 0.3) is 0 Å². The minimum Gasteiger partial charge on any atom is -0.393 e. The van der Waals surface area contributed by atoms with Gasteiger partial charge in [-0.3, -0.25) is 15.6 Å². The van der Waals surface area contributed by atoms with Crippen LogP contribution in [0.3, 0.4) is 0 Å². The number of nitrogens with two attached hydrogens (primary N) is 1. The maximum absolute atomic E-state index is 12.0. The first kappa shape index (κ1) is 15.8. The summed E-state index contributed by atoms with van der Waals surface area (Å²) in [6, 6.07) is 6.61. The number of aromatic nitrogens is 2. The molecular weight excluding hydrogens is 304 g/mol. The van der Waals surface area contributed by atoms with Gasteiger partial charge in [-0.1, -0.05) is 24.6 Å². The lowest BCUT2D eigenvalue weighted by atomic mass is 10.2.